The van der Waals surface area contributed by atoms with Crippen LogP contribution in [0.4, 0.5) is 5.69 Å². The normalized spacial score (nSPS) is 13.1. The van der Waals surface area contributed by atoms with Crippen molar-refractivity contribution in [3.63, 3.8) is 0 Å². The largest absolute Gasteiger partial charge is 0.496 e. The molecular weight excluding hydrogens is 314 g/mol. The fourth-order valence-electron chi connectivity index (χ4n) is 3.10. The standard InChI is InChI=1S/C21H15NO3/c1-25-19-12-11-15(13-18(19)14-7-3-2-4-8-14)22-20(23)16-9-5-6-10-17(16)21(22)24/h2-13H,1H3. The lowest BCUT2D eigenvalue weighted by Crippen LogP contribution is -2.29. The minimum absolute atomic E-state index is 0.301. The average molecular weight is 329 g/mol. The van der Waals surface area contributed by atoms with E-state index < -0.39 is 0 Å². The van der Waals surface area contributed by atoms with Crippen molar-refractivity contribution in [3.05, 3.63) is 83.9 Å². The van der Waals surface area contributed by atoms with E-state index in [1.165, 1.54) is 4.90 Å². The Balaban J connectivity index is 1.83. The minimum atomic E-state index is -0.301. The number of rotatable bonds is 3. The predicted molar refractivity (Wildman–Crippen MR) is 96.0 cm³/mol. The second-order valence-electron chi connectivity index (χ2n) is 5.74. The van der Waals surface area contributed by atoms with Gasteiger partial charge in [-0.05, 0) is 35.9 Å². The number of hydrogen-bond acceptors (Lipinski definition) is 3. The topological polar surface area (TPSA) is 46.6 Å². The molecular formula is C21H15NO3. The molecule has 2 amide bonds. The van der Waals surface area contributed by atoms with Gasteiger partial charge in [0.05, 0.1) is 23.9 Å². The number of methoxy groups -OCH3 is 1. The molecule has 0 radical (unpaired) electrons. The maximum Gasteiger partial charge on any atom is 0.266 e. The monoisotopic (exact) mass is 329 g/mol. The molecule has 4 nitrogen and oxygen atoms in total. The summed E-state index contributed by atoms with van der Waals surface area (Å²) in [5.74, 6) is 0.0844. The molecule has 0 spiro atoms. The van der Waals surface area contributed by atoms with Crippen molar-refractivity contribution in [2.45, 2.75) is 0 Å². The Morgan fingerprint density at radius 2 is 1.32 bits per heavy atom. The first-order valence-corrected chi connectivity index (χ1v) is 7.92. The van der Waals surface area contributed by atoms with Crippen LogP contribution >= 0.6 is 0 Å². The molecule has 0 unspecified atom stereocenters. The van der Waals surface area contributed by atoms with Crippen molar-refractivity contribution in [2.75, 3.05) is 12.0 Å². The van der Waals surface area contributed by atoms with Gasteiger partial charge < -0.3 is 4.74 Å². The highest BCUT2D eigenvalue weighted by Crippen LogP contribution is 2.36. The Morgan fingerprint density at radius 1 is 0.720 bits per heavy atom. The van der Waals surface area contributed by atoms with E-state index in [0.29, 0.717) is 22.6 Å². The smallest absolute Gasteiger partial charge is 0.266 e. The van der Waals surface area contributed by atoms with Gasteiger partial charge in [0.2, 0.25) is 0 Å². The highest BCUT2D eigenvalue weighted by Gasteiger charge is 2.36. The zero-order chi connectivity index (χ0) is 17.4. The summed E-state index contributed by atoms with van der Waals surface area (Å²) in [6, 6.07) is 21.9. The van der Waals surface area contributed by atoms with Gasteiger partial charge in [-0.3, -0.25) is 9.59 Å². The Morgan fingerprint density at radius 3 is 1.92 bits per heavy atom. The quantitative estimate of drug-likeness (QED) is 0.678. The number of fused-ring (bicyclic) bond motifs is 1. The van der Waals surface area contributed by atoms with Crippen LogP contribution in [-0.2, 0) is 0 Å². The summed E-state index contributed by atoms with van der Waals surface area (Å²) in [4.78, 5) is 26.6. The van der Waals surface area contributed by atoms with Crippen LogP contribution in [0.25, 0.3) is 11.1 Å². The molecule has 4 rings (SSSR count). The molecule has 0 fully saturated rings. The van der Waals surface area contributed by atoms with E-state index >= 15 is 0 Å². The van der Waals surface area contributed by atoms with Crippen LogP contribution in [-0.4, -0.2) is 18.9 Å². The first-order chi connectivity index (χ1) is 12.2. The van der Waals surface area contributed by atoms with Crippen LogP contribution < -0.4 is 9.64 Å². The molecule has 1 heterocycles. The van der Waals surface area contributed by atoms with E-state index in [4.69, 9.17) is 4.74 Å². The number of hydrogen-bond donors (Lipinski definition) is 0. The molecule has 0 aromatic heterocycles. The van der Waals surface area contributed by atoms with Gasteiger partial charge in [0.15, 0.2) is 0 Å². The van der Waals surface area contributed by atoms with Crippen molar-refractivity contribution in [3.8, 4) is 16.9 Å². The Kier molecular flexibility index (Phi) is 3.58. The third-order valence-corrected chi connectivity index (χ3v) is 4.32. The first-order valence-electron chi connectivity index (χ1n) is 7.92. The molecule has 0 atom stereocenters. The SMILES string of the molecule is COc1ccc(N2C(=O)c3ccccc3C2=O)cc1-c1ccccc1. The van der Waals surface area contributed by atoms with Crippen LogP contribution in [0, 0.1) is 0 Å². The summed E-state index contributed by atoms with van der Waals surface area (Å²) >= 11 is 0. The summed E-state index contributed by atoms with van der Waals surface area (Å²) in [6.07, 6.45) is 0. The van der Waals surface area contributed by atoms with E-state index in [0.717, 1.165) is 11.1 Å². The zero-order valence-corrected chi connectivity index (χ0v) is 13.6. The third-order valence-electron chi connectivity index (χ3n) is 4.32. The molecule has 122 valence electrons. The van der Waals surface area contributed by atoms with E-state index in [2.05, 4.69) is 0 Å². The minimum Gasteiger partial charge on any atom is -0.496 e. The summed E-state index contributed by atoms with van der Waals surface area (Å²) in [7, 11) is 1.60. The number of carbonyl (C=O) groups excluding carboxylic acids is 2. The second kappa shape index (κ2) is 5.91. The van der Waals surface area contributed by atoms with Crippen molar-refractivity contribution in [2.24, 2.45) is 0 Å². The zero-order valence-electron chi connectivity index (χ0n) is 13.6. The third kappa shape index (κ3) is 2.39. The highest BCUT2D eigenvalue weighted by atomic mass is 16.5. The van der Waals surface area contributed by atoms with Gasteiger partial charge in [-0.15, -0.1) is 0 Å². The maximum atomic E-state index is 12.7. The second-order valence-corrected chi connectivity index (χ2v) is 5.74. The summed E-state index contributed by atoms with van der Waals surface area (Å²) < 4.78 is 5.44. The lowest BCUT2D eigenvalue weighted by atomic mass is 10.0. The number of carbonyl (C=O) groups is 2. The fraction of sp³-hybridized carbons (Fsp3) is 0.0476. The van der Waals surface area contributed by atoms with Crippen LogP contribution in [0.5, 0.6) is 5.75 Å². The molecule has 3 aromatic rings. The molecule has 1 aliphatic heterocycles. The molecule has 4 heteroatoms. The number of benzene rings is 3. The summed E-state index contributed by atoms with van der Waals surface area (Å²) in [6.45, 7) is 0. The maximum absolute atomic E-state index is 12.7. The molecule has 0 saturated heterocycles. The lowest BCUT2D eigenvalue weighted by molar-refractivity contribution is 0.0926. The molecule has 25 heavy (non-hydrogen) atoms. The number of amides is 2. The molecule has 1 aliphatic rings. The van der Waals surface area contributed by atoms with Gasteiger partial charge in [-0.25, -0.2) is 4.90 Å². The average Bonchev–Trinajstić information content (AvgIpc) is 2.93. The number of nitrogens with zero attached hydrogens (tertiary/aromatic N) is 1. The van der Waals surface area contributed by atoms with E-state index in [9.17, 15) is 9.59 Å². The van der Waals surface area contributed by atoms with Crippen LogP contribution in [0.3, 0.4) is 0 Å². The predicted octanol–water partition coefficient (Wildman–Crippen LogP) is 4.16. The molecule has 0 saturated carbocycles. The molecule has 3 aromatic carbocycles. The van der Waals surface area contributed by atoms with Crippen molar-refractivity contribution in [1.29, 1.82) is 0 Å². The molecule has 0 N–H and O–H groups in total. The number of anilines is 1. The van der Waals surface area contributed by atoms with Gasteiger partial charge >= 0.3 is 0 Å². The van der Waals surface area contributed by atoms with E-state index in [1.54, 1.807) is 43.5 Å². The summed E-state index contributed by atoms with van der Waals surface area (Å²) in [5, 5.41) is 0. The van der Waals surface area contributed by atoms with Crippen LogP contribution in [0.15, 0.2) is 72.8 Å². The van der Waals surface area contributed by atoms with E-state index in [1.807, 2.05) is 36.4 Å². The van der Waals surface area contributed by atoms with Crippen LogP contribution in [0.2, 0.25) is 0 Å². The van der Waals surface area contributed by atoms with Crippen molar-refractivity contribution < 1.29 is 14.3 Å². The van der Waals surface area contributed by atoms with Gasteiger partial charge in [-0.1, -0.05) is 42.5 Å². The molecule has 0 aliphatic carbocycles. The molecule has 0 bridgehead atoms. The number of imide groups is 1. The van der Waals surface area contributed by atoms with Gasteiger partial charge in [0.25, 0.3) is 11.8 Å². The number of ether oxygens (including phenoxy) is 1. The van der Waals surface area contributed by atoms with Gasteiger partial charge in [0.1, 0.15) is 5.75 Å². The lowest BCUT2D eigenvalue weighted by Gasteiger charge is -2.17. The van der Waals surface area contributed by atoms with Gasteiger partial charge in [0, 0.05) is 5.56 Å². The Bertz CT molecular complexity index is 944. The van der Waals surface area contributed by atoms with Crippen molar-refractivity contribution in [1.82, 2.24) is 0 Å². The Hall–Kier alpha value is -3.40. The first kappa shape index (κ1) is 15.1. The fourth-order valence-corrected chi connectivity index (χ4v) is 3.10. The van der Waals surface area contributed by atoms with Gasteiger partial charge in [-0.2, -0.15) is 0 Å². The Labute approximate surface area is 145 Å². The van der Waals surface area contributed by atoms with E-state index in [-0.39, 0.29) is 11.8 Å². The highest BCUT2D eigenvalue weighted by molar-refractivity contribution is 6.34. The summed E-state index contributed by atoms with van der Waals surface area (Å²) in [5.41, 5.74) is 3.19. The van der Waals surface area contributed by atoms with Crippen LogP contribution in [0.1, 0.15) is 20.7 Å². The van der Waals surface area contributed by atoms with Crippen molar-refractivity contribution >= 4 is 17.5 Å².